The van der Waals surface area contributed by atoms with Gasteiger partial charge < -0.3 is 10.0 Å². The average Bonchev–Trinajstić information content (AvgIpc) is 2.56. The first-order valence-corrected chi connectivity index (χ1v) is 5.82. The van der Waals surface area contributed by atoms with Gasteiger partial charge in [-0.1, -0.05) is 20.8 Å². The summed E-state index contributed by atoms with van der Waals surface area (Å²) in [6.45, 7) is 6.70. The highest BCUT2D eigenvalue weighted by atomic mass is 16.4. The molecule has 1 unspecified atom stereocenters. The predicted octanol–water partition coefficient (Wildman–Crippen LogP) is 1.99. The van der Waals surface area contributed by atoms with E-state index in [4.69, 9.17) is 0 Å². The van der Waals surface area contributed by atoms with Crippen molar-refractivity contribution in [2.75, 3.05) is 6.54 Å². The highest BCUT2D eigenvalue weighted by Gasteiger charge is 2.52. The number of amides is 1. The summed E-state index contributed by atoms with van der Waals surface area (Å²) in [5, 5.41) is 9.21. The second-order valence-electron chi connectivity index (χ2n) is 6.12. The van der Waals surface area contributed by atoms with Gasteiger partial charge in [0.05, 0.1) is 0 Å². The van der Waals surface area contributed by atoms with E-state index >= 15 is 0 Å². The average molecular weight is 225 g/mol. The number of carboxylic acid groups (broad SMARTS) is 1. The Hall–Kier alpha value is -1.06. The number of nitrogens with zero attached hydrogens (tertiary/aromatic N) is 1. The molecule has 2 rings (SSSR count). The van der Waals surface area contributed by atoms with Crippen LogP contribution in [0.2, 0.25) is 0 Å². The third-order valence-corrected chi connectivity index (χ3v) is 3.86. The summed E-state index contributed by atoms with van der Waals surface area (Å²) in [5.41, 5.74) is -0.0948. The maximum absolute atomic E-state index is 11.4. The molecule has 2 aliphatic rings. The van der Waals surface area contributed by atoms with Gasteiger partial charge in [0.15, 0.2) is 0 Å². The number of carbonyl (C=O) groups is 2. The van der Waals surface area contributed by atoms with Crippen molar-refractivity contribution < 1.29 is 14.7 Å². The van der Waals surface area contributed by atoms with Gasteiger partial charge >= 0.3 is 6.09 Å². The van der Waals surface area contributed by atoms with E-state index in [1.54, 1.807) is 4.90 Å². The number of carbonyl (C=O) groups excluding carboxylic acids is 1. The lowest BCUT2D eigenvalue weighted by molar-refractivity contribution is -0.118. The Labute approximate surface area is 95.6 Å². The topological polar surface area (TPSA) is 57.6 Å². The third kappa shape index (κ3) is 1.70. The molecule has 3 atom stereocenters. The quantitative estimate of drug-likeness (QED) is 0.686. The van der Waals surface area contributed by atoms with Crippen LogP contribution in [0, 0.1) is 17.3 Å². The number of likely N-dealkylation sites (tertiary alicyclic amines) is 1. The summed E-state index contributed by atoms with van der Waals surface area (Å²) in [7, 11) is 0. The van der Waals surface area contributed by atoms with Gasteiger partial charge in [-0.25, -0.2) is 4.79 Å². The van der Waals surface area contributed by atoms with Crippen molar-refractivity contribution in [1.29, 1.82) is 0 Å². The van der Waals surface area contributed by atoms with Crippen LogP contribution in [0.25, 0.3) is 0 Å². The maximum atomic E-state index is 11.4. The molecule has 1 amide bonds. The largest absolute Gasteiger partial charge is 0.465 e. The first-order valence-electron chi connectivity index (χ1n) is 5.82. The molecule has 0 aromatic carbocycles. The molecule has 4 heteroatoms. The number of ketones is 1. The predicted molar refractivity (Wildman–Crippen MR) is 59.2 cm³/mol. The third-order valence-electron chi connectivity index (χ3n) is 3.86. The fourth-order valence-corrected chi connectivity index (χ4v) is 3.43. The van der Waals surface area contributed by atoms with Gasteiger partial charge in [-0.05, 0) is 17.3 Å². The first-order chi connectivity index (χ1) is 7.30. The molecule has 0 aromatic rings. The van der Waals surface area contributed by atoms with E-state index in [1.165, 1.54) is 0 Å². The lowest BCUT2D eigenvalue weighted by Gasteiger charge is -2.36. The second kappa shape index (κ2) is 3.47. The van der Waals surface area contributed by atoms with Gasteiger partial charge in [-0.3, -0.25) is 4.79 Å². The Balaban J connectivity index is 2.28. The van der Waals surface area contributed by atoms with Gasteiger partial charge in [0.1, 0.15) is 5.78 Å². The smallest absolute Gasteiger partial charge is 0.407 e. The van der Waals surface area contributed by atoms with Crippen molar-refractivity contribution >= 4 is 11.9 Å². The molecule has 4 nitrogen and oxygen atoms in total. The van der Waals surface area contributed by atoms with E-state index in [0.29, 0.717) is 25.2 Å². The lowest BCUT2D eigenvalue weighted by atomic mass is 9.77. The van der Waals surface area contributed by atoms with E-state index < -0.39 is 6.09 Å². The van der Waals surface area contributed by atoms with Crippen molar-refractivity contribution in [1.82, 2.24) is 4.90 Å². The zero-order chi connectivity index (χ0) is 12.1. The summed E-state index contributed by atoms with van der Waals surface area (Å²) in [4.78, 5) is 24.2. The normalized spacial score (nSPS) is 34.3. The number of Topliss-reactive ketones (excluding diaryl/α,β-unsaturated/α-hetero) is 1. The summed E-state index contributed by atoms with van der Waals surface area (Å²) in [6, 6.07) is -0.0125. The zero-order valence-electron chi connectivity index (χ0n) is 10.1. The molecule has 1 saturated heterocycles. The minimum Gasteiger partial charge on any atom is -0.465 e. The van der Waals surface area contributed by atoms with Crippen LogP contribution in [0.15, 0.2) is 0 Å². The molecular weight excluding hydrogens is 206 g/mol. The molecule has 1 saturated carbocycles. The standard InChI is InChI=1S/C12H19NO3/c1-12(2,3)10-9-5-8(14)4-7(9)6-13(10)11(15)16/h7,9-10H,4-6H2,1-3H3,(H,15,16)/t7-,9-,10?/m0/s1. The molecule has 0 aromatic heterocycles. The van der Waals surface area contributed by atoms with Crippen molar-refractivity contribution in [3.8, 4) is 0 Å². The second-order valence-corrected chi connectivity index (χ2v) is 6.12. The summed E-state index contributed by atoms with van der Waals surface area (Å²) >= 11 is 0. The lowest BCUT2D eigenvalue weighted by Crippen LogP contribution is -2.45. The molecule has 0 bridgehead atoms. The zero-order valence-corrected chi connectivity index (χ0v) is 10.1. The summed E-state index contributed by atoms with van der Waals surface area (Å²) in [5.74, 6) is 0.797. The van der Waals surface area contributed by atoms with Crippen LogP contribution in [0.4, 0.5) is 4.79 Å². The number of fused-ring (bicyclic) bond motifs is 1. The van der Waals surface area contributed by atoms with Crippen LogP contribution in [-0.2, 0) is 4.79 Å². The molecule has 90 valence electrons. The Morgan fingerprint density at radius 2 is 2.00 bits per heavy atom. The van der Waals surface area contributed by atoms with Crippen molar-refractivity contribution in [2.45, 2.75) is 39.7 Å². The van der Waals surface area contributed by atoms with Gasteiger partial charge in [0.25, 0.3) is 0 Å². The molecule has 16 heavy (non-hydrogen) atoms. The van der Waals surface area contributed by atoms with Gasteiger partial charge in [0, 0.05) is 25.4 Å². The van der Waals surface area contributed by atoms with Crippen LogP contribution in [0.1, 0.15) is 33.6 Å². The molecule has 0 radical (unpaired) electrons. The fraction of sp³-hybridized carbons (Fsp3) is 0.833. The Bertz CT molecular complexity index is 332. The summed E-state index contributed by atoms with van der Waals surface area (Å²) in [6.07, 6.45) is 0.291. The molecule has 1 N–H and O–H groups in total. The van der Waals surface area contributed by atoms with E-state index in [0.717, 1.165) is 0 Å². The van der Waals surface area contributed by atoms with Gasteiger partial charge in [-0.15, -0.1) is 0 Å². The Morgan fingerprint density at radius 1 is 1.38 bits per heavy atom. The van der Waals surface area contributed by atoms with Crippen LogP contribution in [-0.4, -0.2) is 34.5 Å². The SMILES string of the molecule is CC(C)(C)C1[C@H]2CC(=O)C[C@H]2CN1C(=O)O. The van der Waals surface area contributed by atoms with Crippen LogP contribution in [0.3, 0.4) is 0 Å². The van der Waals surface area contributed by atoms with Crippen molar-refractivity contribution in [2.24, 2.45) is 17.3 Å². The Kier molecular flexibility index (Phi) is 2.48. The molecule has 1 aliphatic carbocycles. The van der Waals surface area contributed by atoms with Crippen LogP contribution >= 0.6 is 0 Å². The minimum absolute atomic E-state index is 0.0125. The van der Waals surface area contributed by atoms with Crippen molar-refractivity contribution in [3.05, 3.63) is 0 Å². The monoisotopic (exact) mass is 225 g/mol. The molecular formula is C12H19NO3. The first kappa shape index (κ1) is 11.4. The Morgan fingerprint density at radius 3 is 2.50 bits per heavy atom. The molecule has 1 aliphatic heterocycles. The van der Waals surface area contributed by atoms with Crippen molar-refractivity contribution in [3.63, 3.8) is 0 Å². The van der Waals surface area contributed by atoms with E-state index in [2.05, 4.69) is 20.8 Å². The van der Waals surface area contributed by atoms with Gasteiger partial charge in [0.2, 0.25) is 0 Å². The molecule has 2 fully saturated rings. The number of hydrogen-bond donors (Lipinski definition) is 1. The highest BCUT2D eigenvalue weighted by Crippen LogP contribution is 2.46. The van der Waals surface area contributed by atoms with Gasteiger partial charge in [-0.2, -0.15) is 0 Å². The summed E-state index contributed by atoms with van der Waals surface area (Å²) < 4.78 is 0. The maximum Gasteiger partial charge on any atom is 0.407 e. The van der Waals surface area contributed by atoms with E-state index in [-0.39, 0.29) is 23.3 Å². The van der Waals surface area contributed by atoms with E-state index in [9.17, 15) is 14.7 Å². The van der Waals surface area contributed by atoms with Crippen LogP contribution in [0.5, 0.6) is 0 Å². The molecule has 1 heterocycles. The highest BCUT2D eigenvalue weighted by molar-refractivity contribution is 5.82. The minimum atomic E-state index is -0.846. The number of rotatable bonds is 0. The molecule has 0 spiro atoms. The van der Waals surface area contributed by atoms with Crippen LogP contribution < -0.4 is 0 Å². The van der Waals surface area contributed by atoms with E-state index in [1.807, 2.05) is 0 Å². The number of hydrogen-bond acceptors (Lipinski definition) is 2. The fourth-order valence-electron chi connectivity index (χ4n) is 3.43.